The van der Waals surface area contributed by atoms with Crippen LogP contribution in [0.3, 0.4) is 0 Å². The summed E-state index contributed by atoms with van der Waals surface area (Å²) in [5.74, 6) is 6.39. The van der Waals surface area contributed by atoms with Gasteiger partial charge in [-0.1, -0.05) is 17.7 Å². The molecule has 2 aromatic rings. The first-order valence-electron chi connectivity index (χ1n) is 5.89. The molecular formula is C14H16ClN3O. The lowest BCUT2D eigenvalue weighted by Gasteiger charge is -2.19. The Bertz CT molecular complexity index is 574. The Kier molecular flexibility index (Phi) is 4.37. The summed E-state index contributed by atoms with van der Waals surface area (Å²) < 4.78 is 5.35. The van der Waals surface area contributed by atoms with Gasteiger partial charge in [0.15, 0.2) is 0 Å². The summed E-state index contributed by atoms with van der Waals surface area (Å²) in [4.78, 5) is 4.48. The van der Waals surface area contributed by atoms with Gasteiger partial charge in [0.25, 0.3) is 0 Å². The number of nitrogens with zero attached hydrogens (tertiary/aromatic N) is 1. The Hall–Kier alpha value is -1.62. The highest BCUT2D eigenvalue weighted by molar-refractivity contribution is 6.30. The van der Waals surface area contributed by atoms with Crippen molar-refractivity contribution in [1.29, 1.82) is 0 Å². The molecule has 1 heterocycles. The quantitative estimate of drug-likeness (QED) is 0.666. The summed E-state index contributed by atoms with van der Waals surface area (Å²) in [7, 11) is 1.62. The fourth-order valence-electron chi connectivity index (χ4n) is 1.99. The van der Waals surface area contributed by atoms with Crippen LogP contribution in [0.5, 0.6) is 5.75 Å². The van der Waals surface area contributed by atoms with E-state index in [4.69, 9.17) is 22.2 Å². The molecule has 0 radical (unpaired) electrons. The maximum absolute atomic E-state index is 6.05. The van der Waals surface area contributed by atoms with E-state index in [2.05, 4.69) is 10.4 Å². The number of aryl methyl sites for hydroxylation is 1. The highest BCUT2D eigenvalue weighted by Gasteiger charge is 2.18. The average Bonchev–Trinajstić information content (AvgIpc) is 2.40. The number of rotatable bonds is 4. The first-order chi connectivity index (χ1) is 9.15. The van der Waals surface area contributed by atoms with Crippen molar-refractivity contribution < 1.29 is 4.74 Å². The normalized spacial score (nSPS) is 12.2. The third-order valence-electron chi connectivity index (χ3n) is 2.88. The molecule has 2 rings (SSSR count). The van der Waals surface area contributed by atoms with Crippen LogP contribution in [-0.4, -0.2) is 12.1 Å². The molecule has 0 fully saturated rings. The van der Waals surface area contributed by atoms with Crippen LogP contribution in [0.2, 0.25) is 5.02 Å². The Balaban J connectivity index is 2.50. The molecule has 0 amide bonds. The second-order valence-corrected chi connectivity index (χ2v) is 4.63. The molecule has 1 unspecified atom stereocenters. The minimum Gasteiger partial charge on any atom is -0.496 e. The molecule has 0 bridgehead atoms. The zero-order valence-corrected chi connectivity index (χ0v) is 11.6. The SMILES string of the molecule is COc1ccc(Cl)cc1C(NN)c1cccc(C)n1. The Labute approximate surface area is 117 Å². The van der Waals surface area contributed by atoms with Crippen LogP contribution < -0.4 is 16.0 Å². The fourth-order valence-corrected chi connectivity index (χ4v) is 2.17. The number of hydrogen-bond donors (Lipinski definition) is 2. The zero-order chi connectivity index (χ0) is 13.8. The number of halogens is 1. The molecule has 0 aliphatic carbocycles. The standard InChI is InChI=1S/C14H16ClN3O/c1-9-4-3-5-12(17-9)14(18-16)11-8-10(15)6-7-13(11)19-2/h3-8,14,18H,16H2,1-2H3. The molecule has 19 heavy (non-hydrogen) atoms. The first-order valence-corrected chi connectivity index (χ1v) is 6.26. The van der Waals surface area contributed by atoms with Crippen molar-refractivity contribution in [3.63, 3.8) is 0 Å². The monoisotopic (exact) mass is 277 g/mol. The van der Waals surface area contributed by atoms with Crippen LogP contribution in [0.1, 0.15) is 23.0 Å². The van der Waals surface area contributed by atoms with Gasteiger partial charge in [-0.3, -0.25) is 10.8 Å². The molecule has 0 aliphatic heterocycles. The number of aromatic nitrogens is 1. The van der Waals surface area contributed by atoms with Crippen molar-refractivity contribution >= 4 is 11.6 Å². The van der Waals surface area contributed by atoms with Crippen molar-refractivity contribution in [3.8, 4) is 5.75 Å². The third-order valence-corrected chi connectivity index (χ3v) is 3.11. The van der Waals surface area contributed by atoms with E-state index >= 15 is 0 Å². The third kappa shape index (κ3) is 3.04. The molecule has 0 spiro atoms. The molecule has 100 valence electrons. The molecule has 1 aromatic heterocycles. The average molecular weight is 278 g/mol. The Morgan fingerprint density at radius 2 is 2.11 bits per heavy atom. The number of nitrogens with one attached hydrogen (secondary N) is 1. The number of nitrogens with two attached hydrogens (primary N) is 1. The number of pyridine rings is 1. The molecular weight excluding hydrogens is 262 g/mol. The number of benzene rings is 1. The van der Waals surface area contributed by atoms with E-state index in [1.807, 2.05) is 37.3 Å². The highest BCUT2D eigenvalue weighted by Crippen LogP contribution is 2.31. The zero-order valence-electron chi connectivity index (χ0n) is 10.9. The maximum atomic E-state index is 6.05. The molecule has 0 saturated heterocycles. The van der Waals surface area contributed by atoms with E-state index in [1.54, 1.807) is 13.2 Å². The molecule has 5 heteroatoms. The van der Waals surface area contributed by atoms with Gasteiger partial charge in [0.1, 0.15) is 5.75 Å². The fraction of sp³-hybridized carbons (Fsp3) is 0.214. The van der Waals surface area contributed by atoms with Crippen LogP contribution >= 0.6 is 11.6 Å². The highest BCUT2D eigenvalue weighted by atomic mass is 35.5. The predicted molar refractivity (Wildman–Crippen MR) is 76.1 cm³/mol. The molecule has 3 N–H and O–H groups in total. The van der Waals surface area contributed by atoms with Gasteiger partial charge in [0.05, 0.1) is 18.8 Å². The van der Waals surface area contributed by atoms with E-state index in [1.165, 1.54) is 0 Å². The second kappa shape index (κ2) is 6.02. The summed E-state index contributed by atoms with van der Waals surface area (Å²) in [6.45, 7) is 1.94. The van der Waals surface area contributed by atoms with Crippen LogP contribution in [-0.2, 0) is 0 Å². The van der Waals surface area contributed by atoms with E-state index in [0.717, 1.165) is 22.7 Å². The van der Waals surface area contributed by atoms with E-state index in [0.29, 0.717) is 5.02 Å². The molecule has 0 saturated carbocycles. The minimum absolute atomic E-state index is 0.270. The maximum Gasteiger partial charge on any atom is 0.124 e. The van der Waals surface area contributed by atoms with Gasteiger partial charge in [0, 0.05) is 16.3 Å². The number of hydrogen-bond acceptors (Lipinski definition) is 4. The Morgan fingerprint density at radius 3 is 2.74 bits per heavy atom. The van der Waals surface area contributed by atoms with Crippen LogP contribution in [0, 0.1) is 6.92 Å². The number of methoxy groups -OCH3 is 1. The van der Waals surface area contributed by atoms with E-state index < -0.39 is 0 Å². The van der Waals surface area contributed by atoms with Gasteiger partial charge in [-0.25, -0.2) is 5.43 Å². The van der Waals surface area contributed by atoms with E-state index in [9.17, 15) is 0 Å². The summed E-state index contributed by atoms with van der Waals surface area (Å²) in [6, 6.07) is 10.9. The van der Waals surface area contributed by atoms with Crippen molar-refractivity contribution in [1.82, 2.24) is 10.4 Å². The summed E-state index contributed by atoms with van der Waals surface area (Å²) in [6.07, 6.45) is 0. The lowest BCUT2D eigenvalue weighted by atomic mass is 10.0. The predicted octanol–water partition coefficient (Wildman–Crippen LogP) is 2.60. The van der Waals surface area contributed by atoms with Gasteiger partial charge in [-0.2, -0.15) is 0 Å². The van der Waals surface area contributed by atoms with Gasteiger partial charge in [0.2, 0.25) is 0 Å². The molecule has 1 atom stereocenters. The Morgan fingerprint density at radius 1 is 1.32 bits per heavy atom. The lowest BCUT2D eigenvalue weighted by Crippen LogP contribution is -2.30. The number of hydrazine groups is 1. The van der Waals surface area contributed by atoms with Crippen LogP contribution in [0.4, 0.5) is 0 Å². The van der Waals surface area contributed by atoms with Crippen molar-refractivity contribution in [2.75, 3.05) is 7.11 Å². The summed E-state index contributed by atoms with van der Waals surface area (Å²) in [5.41, 5.74) is 5.37. The lowest BCUT2D eigenvalue weighted by molar-refractivity contribution is 0.403. The summed E-state index contributed by atoms with van der Waals surface area (Å²) in [5, 5.41) is 0.628. The number of ether oxygens (including phenoxy) is 1. The first kappa shape index (κ1) is 13.8. The topological polar surface area (TPSA) is 60.2 Å². The van der Waals surface area contributed by atoms with Crippen molar-refractivity contribution in [2.24, 2.45) is 5.84 Å². The second-order valence-electron chi connectivity index (χ2n) is 4.19. The summed E-state index contributed by atoms with van der Waals surface area (Å²) >= 11 is 6.05. The van der Waals surface area contributed by atoms with Gasteiger partial charge >= 0.3 is 0 Å². The van der Waals surface area contributed by atoms with Gasteiger partial charge < -0.3 is 4.74 Å². The van der Waals surface area contributed by atoms with Crippen molar-refractivity contribution in [3.05, 3.63) is 58.4 Å². The smallest absolute Gasteiger partial charge is 0.124 e. The molecule has 0 aliphatic rings. The van der Waals surface area contributed by atoms with Crippen LogP contribution in [0.25, 0.3) is 0 Å². The molecule has 4 nitrogen and oxygen atoms in total. The molecule has 1 aromatic carbocycles. The van der Waals surface area contributed by atoms with Crippen molar-refractivity contribution in [2.45, 2.75) is 13.0 Å². The van der Waals surface area contributed by atoms with Gasteiger partial charge in [-0.05, 0) is 37.3 Å². The van der Waals surface area contributed by atoms with E-state index in [-0.39, 0.29) is 6.04 Å². The largest absolute Gasteiger partial charge is 0.496 e. The van der Waals surface area contributed by atoms with Crippen LogP contribution in [0.15, 0.2) is 36.4 Å². The minimum atomic E-state index is -0.270. The van der Waals surface area contributed by atoms with Gasteiger partial charge in [-0.15, -0.1) is 0 Å².